The second-order valence-electron chi connectivity index (χ2n) is 5.33. The van der Waals surface area contributed by atoms with E-state index in [1.54, 1.807) is 0 Å². The zero-order valence-electron chi connectivity index (χ0n) is 11.0. The highest BCUT2D eigenvalue weighted by molar-refractivity contribution is 6.31. The maximum atomic E-state index is 6.12. The summed E-state index contributed by atoms with van der Waals surface area (Å²) in [6.07, 6.45) is 5.86. The quantitative estimate of drug-likeness (QED) is 0.808. The zero-order chi connectivity index (χ0) is 13.2. The third kappa shape index (κ3) is 2.50. The first kappa shape index (κ1) is 13.0. The highest BCUT2D eigenvalue weighted by atomic mass is 35.5. The normalized spacial score (nSPS) is 21.7. The molecular formula is C15H20ClN3. The summed E-state index contributed by atoms with van der Waals surface area (Å²) in [4.78, 5) is 3.33. The maximum Gasteiger partial charge on any atom is 0.0457 e. The SMILES string of the molecule is NCC(c1c[nH]c2ccc(Cl)cc12)C1CCCCN1. The largest absolute Gasteiger partial charge is 0.361 e. The number of piperidine rings is 1. The van der Waals surface area contributed by atoms with Gasteiger partial charge in [0, 0.05) is 40.6 Å². The average Bonchev–Trinajstić information content (AvgIpc) is 2.84. The van der Waals surface area contributed by atoms with E-state index in [2.05, 4.69) is 16.5 Å². The number of nitrogens with one attached hydrogen (secondary N) is 2. The van der Waals surface area contributed by atoms with Crippen LogP contribution >= 0.6 is 11.6 Å². The van der Waals surface area contributed by atoms with Gasteiger partial charge in [0.05, 0.1) is 0 Å². The highest BCUT2D eigenvalue weighted by Crippen LogP contribution is 2.31. The predicted octanol–water partition coefficient (Wildman–Crippen LogP) is 3.01. The molecule has 2 heterocycles. The minimum atomic E-state index is 0.354. The third-order valence-electron chi connectivity index (χ3n) is 4.16. The van der Waals surface area contributed by atoms with Gasteiger partial charge in [-0.3, -0.25) is 0 Å². The maximum absolute atomic E-state index is 6.12. The van der Waals surface area contributed by atoms with Crippen LogP contribution in [0.2, 0.25) is 5.02 Å². The zero-order valence-corrected chi connectivity index (χ0v) is 11.7. The molecular weight excluding hydrogens is 258 g/mol. The first-order valence-electron chi connectivity index (χ1n) is 6.99. The van der Waals surface area contributed by atoms with Crippen molar-refractivity contribution in [2.45, 2.75) is 31.2 Å². The lowest BCUT2D eigenvalue weighted by Gasteiger charge is -2.30. The molecule has 3 rings (SSSR count). The molecule has 1 aliphatic heterocycles. The van der Waals surface area contributed by atoms with E-state index in [0.29, 0.717) is 18.5 Å². The molecule has 1 saturated heterocycles. The summed E-state index contributed by atoms with van der Waals surface area (Å²) in [6, 6.07) is 6.47. The van der Waals surface area contributed by atoms with Crippen LogP contribution in [0.1, 0.15) is 30.7 Å². The van der Waals surface area contributed by atoms with Gasteiger partial charge < -0.3 is 16.0 Å². The number of aromatic nitrogens is 1. The van der Waals surface area contributed by atoms with Crippen LogP contribution in [0.3, 0.4) is 0 Å². The molecule has 1 fully saturated rings. The number of fused-ring (bicyclic) bond motifs is 1. The molecule has 0 spiro atoms. The fraction of sp³-hybridized carbons (Fsp3) is 0.467. The molecule has 2 aromatic rings. The van der Waals surface area contributed by atoms with Gasteiger partial charge in [-0.2, -0.15) is 0 Å². The molecule has 0 radical (unpaired) electrons. The number of aromatic amines is 1. The molecule has 1 aliphatic rings. The smallest absolute Gasteiger partial charge is 0.0457 e. The van der Waals surface area contributed by atoms with Crippen LogP contribution in [0, 0.1) is 0 Å². The van der Waals surface area contributed by atoms with Gasteiger partial charge in [0.25, 0.3) is 0 Å². The van der Waals surface area contributed by atoms with Crippen molar-refractivity contribution in [2.75, 3.05) is 13.1 Å². The van der Waals surface area contributed by atoms with Gasteiger partial charge in [-0.25, -0.2) is 0 Å². The van der Waals surface area contributed by atoms with Gasteiger partial charge in [0.1, 0.15) is 0 Å². The molecule has 4 N–H and O–H groups in total. The standard InChI is InChI=1S/C15H20ClN3/c16-10-4-5-15-11(7-10)13(9-19-15)12(8-17)14-3-1-2-6-18-14/h4-5,7,9,12,14,18-19H,1-3,6,8,17H2. The Kier molecular flexibility index (Phi) is 3.78. The molecule has 4 heteroatoms. The highest BCUT2D eigenvalue weighted by Gasteiger charge is 2.25. The van der Waals surface area contributed by atoms with E-state index in [0.717, 1.165) is 17.1 Å². The van der Waals surface area contributed by atoms with Crippen LogP contribution in [0.25, 0.3) is 10.9 Å². The summed E-state index contributed by atoms with van der Waals surface area (Å²) in [7, 11) is 0. The molecule has 2 atom stereocenters. The summed E-state index contributed by atoms with van der Waals surface area (Å²) in [6.45, 7) is 1.77. The Labute approximate surface area is 118 Å². The van der Waals surface area contributed by atoms with Crippen LogP contribution < -0.4 is 11.1 Å². The number of H-pyrrole nitrogens is 1. The summed E-state index contributed by atoms with van der Waals surface area (Å²) < 4.78 is 0. The van der Waals surface area contributed by atoms with Gasteiger partial charge in [-0.05, 0) is 43.1 Å². The topological polar surface area (TPSA) is 53.8 Å². The summed E-state index contributed by atoms with van der Waals surface area (Å²) in [5, 5.41) is 5.59. The van der Waals surface area contributed by atoms with E-state index < -0.39 is 0 Å². The summed E-state index contributed by atoms with van der Waals surface area (Å²) in [5.74, 6) is 0.354. The lowest BCUT2D eigenvalue weighted by molar-refractivity contribution is 0.353. The minimum Gasteiger partial charge on any atom is -0.361 e. The van der Waals surface area contributed by atoms with Crippen molar-refractivity contribution in [3.05, 3.63) is 35.0 Å². The Bertz CT molecular complexity index is 558. The van der Waals surface area contributed by atoms with E-state index in [9.17, 15) is 0 Å². The molecule has 0 bridgehead atoms. The van der Waals surface area contributed by atoms with E-state index >= 15 is 0 Å². The van der Waals surface area contributed by atoms with E-state index in [1.807, 2.05) is 18.2 Å². The van der Waals surface area contributed by atoms with E-state index in [4.69, 9.17) is 17.3 Å². The van der Waals surface area contributed by atoms with Crippen LogP contribution in [-0.4, -0.2) is 24.1 Å². The fourth-order valence-corrected chi connectivity index (χ4v) is 3.32. The molecule has 1 aromatic heterocycles. The molecule has 1 aromatic carbocycles. The lowest BCUT2D eigenvalue weighted by atomic mass is 9.86. The average molecular weight is 278 g/mol. The molecule has 102 valence electrons. The van der Waals surface area contributed by atoms with E-state index in [-0.39, 0.29) is 0 Å². The summed E-state index contributed by atoms with van der Waals surface area (Å²) >= 11 is 6.12. The number of rotatable bonds is 3. The Morgan fingerprint density at radius 3 is 3.00 bits per heavy atom. The first-order chi connectivity index (χ1) is 9.29. The monoisotopic (exact) mass is 277 g/mol. The van der Waals surface area contributed by atoms with Crippen molar-refractivity contribution >= 4 is 22.5 Å². The van der Waals surface area contributed by atoms with Crippen molar-refractivity contribution in [1.29, 1.82) is 0 Å². The van der Waals surface area contributed by atoms with Crippen molar-refractivity contribution < 1.29 is 0 Å². The lowest BCUT2D eigenvalue weighted by Crippen LogP contribution is -2.41. The Morgan fingerprint density at radius 2 is 2.26 bits per heavy atom. The van der Waals surface area contributed by atoms with Crippen molar-refractivity contribution in [2.24, 2.45) is 5.73 Å². The van der Waals surface area contributed by atoms with Gasteiger partial charge >= 0.3 is 0 Å². The number of hydrogen-bond acceptors (Lipinski definition) is 2. The molecule has 19 heavy (non-hydrogen) atoms. The molecule has 0 saturated carbocycles. The van der Waals surface area contributed by atoms with Gasteiger partial charge in [0.15, 0.2) is 0 Å². The molecule has 0 amide bonds. The minimum absolute atomic E-state index is 0.354. The Morgan fingerprint density at radius 1 is 1.37 bits per heavy atom. The van der Waals surface area contributed by atoms with Crippen LogP contribution in [0.5, 0.6) is 0 Å². The molecule has 2 unspecified atom stereocenters. The number of hydrogen-bond donors (Lipinski definition) is 3. The van der Waals surface area contributed by atoms with Crippen molar-refractivity contribution in [3.8, 4) is 0 Å². The predicted molar refractivity (Wildman–Crippen MR) is 80.7 cm³/mol. The fourth-order valence-electron chi connectivity index (χ4n) is 3.15. The number of halogens is 1. The third-order valence-corrected chi connectivity index (χ3v) is 4.40. The van der Waals surface area contributed by atoms with E-state index in [1.165, 1.54) is 30.2 Å². The van der Waals surface area contributed by atoms with Crippen molar-refractivity contribution in [3.63, 3.8) is 0 Å². The first-order valence-corrected chi connectivity index (χ1v) is 7.37. The second-order valence-corrected chi connectivity index (χ2v) is 5.77. The van der Waals surface area contributed by atoms with Crippen molar-refractivity contribution in [1.82, 2.24) is 10.3 Å². The Hall–Kier alpha value is -1.03. The van der Waals surface area contributed by atoms with Gasteiger partial charge in [-0.1, -0.05) is 18.0 Å². The number of nitrogens with two attached hydrogens (primary N) is 1. The second kappa shape index (κ2) is 5.53. The van der Waals surface area contributed by atoms with Crippen LogP contribution in [-0.2, 0) is 0 Å². The summed E-state index contributed by atoms with van der Waals surface area (Å²) in [5.41, 5.74) is 8.46. The Balaban J connectivity index is 1.98. The van der Waals surface area contributed by atoms with Gasteiger partial charge in [-0.15, -0.1) is 0 Å². The van der Waals surface area contributed by atoms with Crippen LogP contribution in [0.4, 0.5) is 0 Å². The van der Waals surface area contributed by atoms with Gasteiger partial charge in [0.2, 0.25) is 0 Å². The van der Waals surface area contributed by atoms with Crippen LogP contribution in [0.15, 0.2) is 24.4 Å². The molecule has 3 nitrogen and oxygen atoms in total. The molecule has 0 aliphatic carbocycles. The number of benzene rings is 1.